The molecule has 0 saturated carbocycles. The average Bonchev–Trinajstić information content (AvgIpc) is 3.25. The molecule has 124 valence electrons. The molecule has 2 N–H and O–H groups in total. The van der Waals surface area contributed by atoms with Crippen LogP contribution in [-0.2, 0) is 5.60 Å². The molecule has 3 rings (SSSR count). The van der Waals surface area contributed by atoms with Crippen molar-refractivity contribution in [3.05, 3.63) is 70.2 Å². The van der Waals surface area contributed by atoms with E-state index in [4.69, 9.17) is 0 Å². The number of carbonyl (C=O) groups is 1. The highest BCUT2D eigenvalue weighted by Gasteiger charge is 2.24. The monoisotopic (exact) mass is 341 g/mol. The molecule has 0 spiro atoms. The summed E-state index contributed by atoms with van der Waals surface area (Å²) < 4.78 is 1.76. The summed E-state index contributed by atoms with van der Waals surface area (Å²) in [5.74, 6) is -0.214. The van der Waals surface area contributed by atoms with E-state index in [1.54, 1.807) is 29.9 Å². The summed E-state index contributed by atoms with van der Waals surface area (Å²) in [6.07, 6.45) is 3.71. The fourth-order valence-corrected chi connectivity index (χ4v) is 3.13. The van der Waals surface area contributed by atoms with Crippen LogP contribution in [0.25, 0.3) is 5.69 Å². The quantitative estimate of drug-likeness (QED) is 0.750. The molecular weight excluding hydrogens is 322 g/mol. The van der Waals surface area contributed by atoms with Gasteiger partial charge in [0.15, 0.2) is 0 Å². The molecule has 1 amide bonds. The van der Waals surface area contributed by atoms with Gasteiger partial charge in [-0.15, -0.1) is 0 Å². The number of carbonyl (C=O) groups excluding carboxylic acids is 1. The predicted octanol–water partition coefficient (Wildman–Crippen LogP) is 2.88. The van der Waals surface area contributed by atoms with Crippen molar-refractivity contribution < 1.29 is 9.90 Å². The van der Waals surface area contributed by atoms with E-state index in [9.17, 15) is 9.90 Å². The normalized spacial score (nSPS) is 13.5. The summed E-state index contributed by atoms with van der Waals surface area (Å²) in [5.41, 5.74) is 2.24. The van der Waals surface area contributed by atoms with E-state index < -0.39 is 5.60 Å². The fourth-order valence-electron chi connectivity index (χ4n) is 2.35. The Kier molecular flexibility index (Phi) is 4.51. The van der Waals surface area contributed by atoms with Crippen LogP contribution in [0.2, 0.25) is 0 Å². The smallest absolute Gasteiger partial charge is 0.251 e. The van der Waals surface area contributed by atoms with E-state index in [-0.39, 0.29) is 12.5 Å². The topological polar surface area (TPSA) is 67.2 Å². The lowest BCUT2D eigenvalue weighted by atomic mass is 9.99. The molecule has 0 aliphatic heterocycles. The lowest BCUT2D eigenvalue weighted by Crippen LogP contribution is -2.38. The van der Waals surface area contributed by atoms with Crippen molar-refractivity contribution in [3.63, 3.8) is 0 Å². The summed E-state index contributed by atoms with van der Waals surface area (Å²) >= 11 is 1.52. The molecule has 1 atom stereocenters. The molecule has 1 aromatic carbocycles. The standard InChI is InChI=1S/C18H19N3O2S/c1-13-9-20-21(10-13)16-5-3-14(4-6-16)17(22)19-12-18(2,23)15-7-8-24-11-15/h3-11,23H,12H2,1-2H3,(H,19,22). The zero-order valence-corrected chi connectivity index (χ0v) is 14.4. The van der Waals surface area contributed by atoms with E-state index >= 15 is 0 Å². The second-order valence-corrected chi connectivity index (χ2v) is 6.76. The molecule has 24 heavy (non-hydrogen) atoms. The fraction of sp³-hybridized carbons (Fsp3) is 0.222. The number of aryl methyl sites for hydroxylation is 1. The summed E-state index contributed by atoms with van der Waals surface area (Å²) in [6.45, 7) is 3.83. The predicted molar refractivity (Wildman–Crippen MR) is 94.5 cm³/mol. The highest BCUT2D eigenvalue weighted by atomic mass is 32.1. The van der Waals surface area contributed by atoms with E-state index in [1.165, 1.54) is 11.3 Å². The van der Waals surface area contributed by atoms with Crippen LogP contribution < -0.4 is 5.32 Å². The van der Waals surface area contributed by atoms with Crippen molar-refractivity contribution in [1.29, 1.82) is 0 Å². The Balaban J connectivity index is 1.65. The molecule has 5 nitrogen and oxygen atoms in total. The zero-order valence-electron chi connectivity index (χ0n) is 13.6. The minimum absolute atomic E-state index is 0.155. The van der Waals surface area contributed by atoms with Gasteiger partial charge in [-0.25, -0.2) is 4.68 Å². The Morgan fingerprint density at radius 1 is 1.33 bits per heavy atom. The van der Waals surface area contributed by atoms with Crippen molar-refractivity contribution >= 4 is 17.2 Å². The SMILES string of the molecule is Cc1cnn(-c2ccc(C(=O)NCC(C)(O)c3ccsc3)cc2)c1. The number of benzene rings is 1. The number of nitrogens with zero attached hydrogens (tertiary/aromatic N) is 2. The first-order valence-corrected chi connectivity index (χ1v) is 8.55. The molecule has 0 saturated heterocycles. The van der Waals surface area contributed by atoms with Gasteiger partial charge in [-0.1, -0.05) is 0 Å². The minimum atomic E-state index is -1.08. The Labute approximate surface area is 144 Å². The van der Waals surface area contributed by atoms with Crippen molar-refractivity contribution in [3.8, 4) is 5.69 Å². The number of rotatable bonds is 5. The molecule has 1 unspecified atom stereocenters. The molecule has 0 fully saturated rings. The molecule has 2 aromatic heterocycles. The van der Waals surface area contributed by atoms with Gasteiger partial charge >= 0.3 is 0 Å². The zero-order chi connectivity index (χ0) is 17.2. The van der Waals surface area contributed by atoms with Crippen LogP contribution in [-0.4, -0.2) is 27.3 Å². The van der Waals surface area contributed by atoms with Gasteiger partial charge in [0.1, 0.15) is 5.60 Å². The number of aromatic nitrogens is 2. The van der Waals surface area contributed by atoms with Crippen LogP contribution in [0.1, 0.15) is 28.4 Å². The maximum Gasteiger partial charge on any atom is 0.251 e. The second kappa shape index (κ2) is 6.59. The van der Waals surface area contributed by atoms with Crippen LogP contribution in [0.4, 0.5) is 0 Å². The first-order valence-electron chi connectivity index (χ1n) is 7.61. The Hall–Kier alpha value is -2.44. The number of hydrogen-bond donors (Lipinski definition) is 2. The lowest BCUT2D eigenvalue weighted by molar-refractivity contribution is 0.0530. The highest BCUT2D eigenvalue weighted by molar-refractivity contribution is 7.08. The number of aliphatic hydroxyl groups is 1. The van der Waals surface area contributed by atoms with E-state index in [2.05, 4.69) is 10.4 Å². The third kappa shape index (κ3) is 3.55. The Morgan fingerprint density at radius 2 is 2.08 bits per heavy atom. The third-order valence-electron chi connectivity index (χ3n) is 3.84. The van der Waals surface area contributed by atoms with E-state index in [1.807, 2.05) is 42.1 Å². The molecule has 6 heteroatoms. The lowest BCUT2D eigenvalue weighted by Gasteiger charge is -2.22. The molecule has 0 aliphatic carbocycles. The van der Waals surface area contributed by atoms with Gasteiger partial charge in [0.25, 0.3) is 5.91 Å². The Bertz CT molecular complexity index is 820. The van der Waals surface area contributed by atoms with Crippen LogP contribution in [0.3, 0.4) is 0 Å². The molecular formula is C18H19N3O2S. The molecule has 0 radical (unpaired) electrons. The van der Waals surface area contributed by atoms with Crippen molar-refractivity contribution in [2.24, 2.45) is 0 Å². The van der Waals surface area contributed by atoms with Crippen LogP contribution in [0, 0.1) is 6.92 Å². The van der Waals surface area contributed by atoms with Crippen molar-refractivity contribution in [1.82, 2.24) is 15.1 Å². The second-order valence-electron chi connectivity index (χ2n) is 5.98. The summed E-state index contributed by atoms with van der Waals surface area (Å²) in [4.78, 5) is 12.3. The van der Waals surface area contributed by atoms with E-state index in [0.29, 0.717) is 5.56 Å². The maximum atomic E-state index is 12.3. The van der Waals surface area contributed by atoms with Gasteiger partial charge in [0, 0.05) is 11.8 Å². The van der Waals surface area contributed by atoms with Gasteiger partial charge < -0.3 is 10.4 Å². The maximum absolute atomic E-state index is 12.3. The molecule has 0 aliphatic rings. The highest BCUT2D eigenvalue weighted by Crippen LogP contribution is 2.22. The van der Waals surface area contributed by atoms with Gasteiger partial charge in [-0.3, -0.25) is 4.79 Å². The first-order chi connectivity index (χ1) is 11.5. The molecule has 2 heterocycles. The van der Waals surface area contributed by atoms with Gasteiger partial charge in [0.05, 0.1) is 18.4 Å². The van der Waals surface area contributed by atoms with Crippen molar-refractivity contribution in [2.75, 3.05) is 6.54 Å². The Morgan fingerprint density at radius 3 is 2.67 bits per heavy atom. The number of nitrogens with one attached hydrogen (secondary N) is 1. The summed E-state index contributed by atoms with van der Waals surface area (Å²) in [6, 6.07) is 9.05. The van der Waals surface area contributed by atoms with E-state index in [0.717, 1.165) is 16.8 Å². The number of amides is 1. The van der Waals surface area contributed by atoms with Crippen LogP contribution in [0.5, 0.6) is 0 Å². The van der Waals surface area contributed by atoms with Gasteiger partial charge in [-0.2, -0.15) is 16.4 Å². The van der Waals surface area contributed by atoms with Gasteiger partial charge in [-0.05, 0) is 66.1 Å². The molecule has 0 bridgehead atoms. The van der Waals surface area contributed by atoms with Crippen LogP contribution >= 0.6 is 11.3 Å². The van der Waals surface area contributed by atoms with Crippen molar-refractivity contribution in [2.45, 2.75) is 19.4 Å². The van der Waals surface area contributed by atoms with Gasteiger partial charge in [0.2, 0.25) is 0 Å². The average molecular weight is 341 g/mol. The van der Waals surface area contributed by atoms with Crippen LogP contribution in [0.15, 0.2) is 53.5 Å². The minimum Gasteiger partial charge on any atom is -0.384 e. The largest absolute Gasteiger partial charge is 0.384 e. The molecule has 3 aromatic rings. The number of thiophene rings is 1. The summed E-state index contributed by atoms with van der Waals surface area (Å²) in [7, 11) is 0. The summed E-state index contributed by atoms with van der Waals surface area (Å²) in [5, 5.41) is 21.3. The number of hydrogen-bond acceptors (Lipinski definition) is 4. The third-order valence-corrected chi connectivity index (χ3v) is 4.53. The first kappa shape index (κ1) is 16.4.